The molecule has 0 aliphatic rings. The minimum absolute atomic E-state index is 0.403. The highest BCUT2D eigenvalue weighted by molar-refractivity contribution is 5.86. The van der Waals surface area contributed by atoms with Gasteiger partial charge in [-0.2, -0.15) is 5.10 Å². The van der Waals surface area contributed by atoms with Crippen molar-refractivity contribution in [2.75, 3.05) is 20.0 Å². The lowest BCUT2D eigenvalue weighted by molar-refractivity contribution is 0.343. The van der Waals surface area contributed by atoms with Crippen LogP contribution in [0.15, 0.2) is 36.9 Å². The Balaban J connectivity index is 1.86. The molecule has 0 fully saturated rings. The molecule has 0 aliphatic carbocycles. The summed E-state index contributed by atoms with van der Waals surface area (Å²) in [6.45, 7) is 2.80. The second kappa shape index (κ2) is 6.60. The van der Waals surface area contributed by atoms with E-state index < -0.39 is 0 Å². The fourth-order valence-corrected chi connectivity index (χ4v) is 2.92. The first-order valence-electron chi connectivity index (χ1n) is 8.40. The molecule has 0 bridgehead atoms. The van der Waals surface area contributed by atoms with E-state index in [0.717, 1.165) is 28.9 Å². The van der Waals surface area contributed by atoms with Gasteiger partial charge in [0.1, 0.15) is 0 Å². The van der Waals surface area contributed by atoms with Crippen LogP contribution in [0, 0.1) is 0 Å². The monoisotopic (exact) mass is 365 g/mol. The zero-order chi connectivity index (χ0) is 19.0. The number of anilines is 1. The molecule has 0 aliphatic heterocycles. The fourth-order valence-electron chi connectivity index (χ4n) is 2.92. The molecular formula is C18H19N7O2. The van der Waals surface area contributed by atoms with Gasteiger partial charge in [-0.05, 0) is 19.1 Å². The lowest BCUT2D eigenvalue weighted by atomic mass is 10.1. The van der Waals surface area contributed by atoms with E-state index in [1.165, 1.54) is 0 Å². The highest BCUT2D eigenvalue weighted by atomic mass is 16.5. The highest BCUT2D eigenvalue weighted by Crippen LogP contribution is 2.32. The average Bonchev–Trinajstić information content (AvgIpc) is 3.29. The van der Waals surface area contributed by atoms with Gasteiger partial charge in [0.15, 0.2) is 17.2 Å². The average molecular weight is 365 g/mol. The molecule has 4 heterocycles. The Bertz CT molecular complexity index is 1120. The number of aryl methyl sites for hydroxylation is 1. The number of methoxy groups -OCH3 is 2. The molecule has 0 unspecified atom stereocenters. The van der Waals surface area contributed by atoms with Gasteiger partial charge in [0, 0.05) is 36.3 Å². The third-order valence-electron chi connectivity index (χ3n) is 4.29. The van der Waals surface area contributed by atoms with E-state index in [0.29, 0.717) is 23.1 Å². The molecule has 27 heavy (non-hydrogen) atoms. The van der Waals surface area contributed by atoms with Gasteiger partial charge in [-0.15, -0.1) is 5.10 Å². The van der Waals surface area contributed by atoms with E-state index in [1.54, 1.807) is 31.1 Å². The number of hydrogen-bond acceptors (Lipinski definition) is 7. The first kappa shape index (κ1) is 16.8. The van der Waals surface area contributed by atoms with Gasteiger partial charge in [-0.1, -0.05) is 0 Å². The first-order chi connectivity index (χ1) is 13.1. The Morgan fingerprint density at radius 1 is 1.15 bits per heavy atom. The normalized spacial score (nSPS) is 11.1. The molecule has 0 atom stereocenters. The number of ether oxygens (including phenoxy) is 2. The van der Waals surface area contributed by atoms with Crippen molar-refractivity contribution >= 4 is 11.5 Å². The maximum absolute atomic E-state index is 6.15. The summed E-state index contributed by atoms with van der Waals surface area (Å²) >= 11 is 0. The van der Waals surface area contributed by atoms with Crippen LogP contribution >= 0.6 is 0 Å². The van der Waals surface area contributed by atoms with Crippen LogP contribution in [0.2, 0.25) is 0 Å². The minimum atomic E-state index is 0.403. The molecular weight excluding hydrogens is 346 g/mol. The zero-order valence-corrected chi connectivity index (χ0v) is 15.2. The van der Waals surface area contributed by atoms with Crippen molar-refractivity contribution in [3.05, 3.63) is 36.9 Å². The van der Waals surface area contributed by atoms with Crippen molar-refractivity contribution in [3.8, 4) is 34.0 Å². The predicted molar refractivity (Wildman–Crippen MR) is 101 cm³/mol. The molecule has 4 rings (SSSR count). The van der Waals surface area contributed by atoms with Gasteiger partial charge in [-0.3, -0.25) is 4.68 Å². The molecule has 0 aromatic carbocycles. The zero-order valence-electron chi connectivity index (χ0n) is 15.2. The van der Waals surface area contributed by atoms with Crippen LogP contribution in [0.5, 0.6) is 11.6 Å². The summed E-state index contributed by atoms with van der Waals surface area (Å²) in [6, 6.07) is 3.68. The number of rotatable bonds is 5. The molecule has 9 heteroatoms. The Kier molecular flexibility index (Phi) is 4.11. The van der Waals surface area contributed by atoms with E-state index in [-0.39, 0.29) is 0 Å². The SMILES string of the molecule is CCn1cc(-c2c(N)nn3ccc(-c4cnc(OC)c(OC)c4)nc23)cn1. The maximum Gasteiger partial charge on any atom is 0.256 e. The predicted octanol–water partition coefficient (Wildman–Crippen LogP) is 2.27. The number of fused-ring (bicyclic) bond motifs is 1. The van der Waals surface area contributed by atoms with Gasteiger partial charge >= 0.3 is 0 Å². The first-order valence-corrected chi connectivity index (χ1v) is 8.40. The summed E-state index contributed by atoms with van der Waals surface area (Å²) in [7, 11) is 3.12. The number of pyridine rings is 1. The van der Waals surface area contributed by atoms with Crippen molar-refractivity contribution in [1.82, 2.24) is 29.4 Å². The smallest absolute Gasteiger partial charge is 0.256 e. The quantitative estimate of drug-likeness (QED) is 0.578. The van der Waals surface area contributed by atoms with E-state index in [2.05, 4.69) is 15.2 Å². The Morgan fingerprint density at radius 3 is 2.70 bits per heavy atom. The van der Waals surface area contributed by atoms with Gasteiger partial charge in [-0.25, -0.2) is 14.5 Å². The molecule has 2 N–H and O–H groups in total. The lowest BCUT2D eigenvalue weighted by Gasteiger charge is -2.08. The number of nitrogen functional groups attached to an aromatic ring is 1. The molecule has 138 valence electrons. The Hall–Kier alpha value is -3.62. The summed E-state index contributed by atoms with van der Waals surface area (Å²) in [6.07, 6.45) is 7.20. The second-order valence-electron chi connectivity index (χ2n) is 5.86. The lowest BCUT2D eigenvalue weighted by Crippen LogP contribution is -1.96. The van der Waals surface area contributed by atoms with E-state index >= 15 is 0 Å². The van der Waals surface area contributed by atoms with Crippen LogP contribution in [0.25, 0.3) is 28.0 Å². The van der Waals surface area contributed by atoms with Crippen molar-refractivity contribution in [3.63, 3.8) is 0 Å². The van der Waals surface area contributed by atoms with Gasteiger partial charge in [0.25, 0.3) is 5.88 Å². The van der Waals surface area contributed by atoms with Crippen molar-refractivity contribution in [2.45, 2.75) is 13.5 Å². The highest BCUT2D eigenvalue weighted by Gasteiger charge is 2.17. The van der Waals surface area contributed by atoms with Gasteiger partial charge < -0.3 is 15.2 Å². The van der Waals surface area contributed by atoms with E-state index in [4.69, 9.17) is 20.2 Å². The molecule has 9 nitrogen and oxygen atoms in total. The molecule has 0 spiro atoms. The number of hydrogen-bond donors (Lipinski definition) is 1. The summed E-state index contributed by atoms with van der Waals surface area (Å²) < 4.78 is 14.0. The summed E-state index contributed by atoms with van der Waals surface area (Å²) in [5.41, 5.74) is 9.95. The summed E-state index contributed by atoms with van der Waals surface area (Å²) in [4.78, 5) is 9.03. The number of nitrogens with zero attached hydrogens (tertiary/aromatic N) is 6. The topological polar surface area (TPSA) is 105 Å². The standard InChI is InChI=1S/C18H19N7O2/c1-4-24-10-12(9-21-24)15-16(19)23-25-6-5-13(22-17(15)25)11-7-14(26-2)18(27-3)20-8-11/h5-10H,4H2,1-3H3,(H2,19,23). The van der Waals surface area contributed by atoms with Crippen molar-refractivity contribution in [2.24, 2.45) is 0 Å². The molecule has 0 saturated heterocycles. The van der Waals surface area contributed by atoms with Crippen LogP contribution < -0.4 is 15.2 Å². The van der Waals surface area contributed by atoms with Crippen molar-refractivity contribution in [1.29, 1.82) is 0 Å². The van der Waals surface area contributed by atoms with Crippen LogP contribution in [0.1, 0.15) is 6.92 Å². The molecule has 4 aromatic rings. The fraction of sp³-hybridized carbons (Fsp3) is 0.222. The van der Waals surface area contributed by atoms with Crippen LogP contribution in [-0.4, -0.2) is 43.6 Å². The maximum atomic E-state index is 6.15. The van der Waals surface area contributed by atoms with Crippen LogP contribution in [0.3, 0.4) is 0 Å². The number of aromatic nitrogens is 6. The number of nitrogens with two attached hydrogens (primary N) is 1. The van der Waals surface area contributed by atoms with Gasteiger partial charge in [0.05, 0.1) is 31.7 Å². The van der Waals surface area contributed by atoms with E-state index in [1.807, 2.05) is 36.1 Å². The van der Waals surface area contributed by atoms with Crippen molar-refractivity contribution < 1.29 is 9.47 Å². The molecule has 4 aromatic heterocycles. The Morgan fingerprint density at radius 2 is 2.00 bits per heavy atom. The third-order valence-corrected chi connectivity index (χ3v) is 4.29. The largest absolute Gasteiger partial charge is 0.491 e. The Labute approximate surface area is 155 Å². The summed E-state index contributed by atoms with van der Waals surface area (Å²) in [5.74, 6) is 1.36. The molecule has 0 amide bonds. The minimum Gasteiger partial charge on any atom is -0.491 e. The van der Waals surface area contributed by atoms with Crippen LogP contribution in [-0.2, 0) is 6.54 Å². The van der Waals surface area contributed by atoms with Crippen LogP contribution in [0.4, 0.5) is 5.82 Å². The molecule has 0 saturated carbocycles. The summed E-state index contributed by atoms with van der Waals surface area (Å²) in [5, 5.41) is 8.67. The molecule has 0 radical (unpaired) electrons. The second-order valence-corrected chi connectivity index (χ2v) is 5.86. The van der Waals surface area contributed by atoms with E-state index in [9.17, 15) is 0 Å². The third kappa shape index (κ3) is 2.82. The van der Waals surface area contributed by atoms with Gasteiger partial charge in [0.2, 0.25) is 0 Å².